The van der Waals surface area contributed by atoms with Gasteiger partial charge in [-0.1, -0.05) is 6.08 Å². The van der Waals surface area contributed by atoms with Gasteiger partial charge in [0.05, 0.1) is 18.9 Å². The number of nitrogens with one attached hydrogen (secondary N) is 1. The molecule has 1 N–H and O–H groups in total. The maximum absolute atomic E-state index is 5.76. The Bertz CT molecular complexity index is 442. The SMILES string of the molecule is C1=C(c2ccnc(OC3CCNC3)n2)CCOC1. The highest BCUT2D eigenvalue weighted by Crippen LogP contribution is 2.20. The monoisotopic (exact) mass is 247 g/mol. The molecule has 1 aromatic rings. The van der Waals surface area contributed by atoms with E-state index < -0.39 is 0 Å². The lowest BCUT2D eigenvalue weighted by atomic mass is 10.1. The molecule has 3 rings (SSSR count). The average Bonchev–Trinajstić information content (AvgIpc) is 2.93. The summed E-state index contributed by atoms with van der Waals surface area (Å²) in [6, 6.07) is 2.41. The van der Waals surface area contributed by atoms with Gasteiger partial charge in [-0.05, 0) is 31.0 Å². The van der Waals surface area contributed by atoms with Crippen molar-refractivity contribution in [2.75, 3.05) is 26.3 Å². The Balaban J connectivity index is 1.73. The van der Waals surface area contributed by atoms with Gasteiger partial charge in [0.2, 0.25) is 0 Å². The van der Waals surface area contributed by atoms with E-state index in [1.165, 1.54) is 5.57 Å². The highest BCUT2D eigenvalue weighted by molar-refractivity contribution is 5.63. The molecule has 5 nitrogen and oxygen atoms in total. The summed E-state index contributed by atoms with van der Waals surface area (Å²) in [6.45, 7) is 3.32. The predicted octanol–water partition coefficient (Wildman–Crippen LogP) is 1.02. The molecular weight excluding hydrogens is 230 g/mol. The molecule has 3 heterocycles. The van der Waals surface area contributed by atoms with Crippen molar-refractivity contribution >= 4 is 5.57 Å². The highest BCUT2D eigenvalue weighted by atomic mass is 16.5. The number of hydrogen-bond acceptors (Lipinski definition) is 5. The highest BCUT2D eigenvalue weighted by Gasteiger charge is 2.17. The van der Waals surface area contributed by atoms with Crippen LogP contribution in [0.3, 0.4) is 0 Å². The van der Waals surface area contributed by atoms with E-state index in [4.69, 9.17) is 9.47 Å². The van der Waals surface area contributed by atoms with Crippen molar-refractivity contribution in [3.63, 3.8) is 0 Å². The average molecular weight is 247 g/mol. The molecule has 1 fully saturated rings. The quantitative estimate of drug-likeness (QED) is 0.864. The van der Waals surface area contributed by atoms with E-state index in [-0.39, 0.29) is 6.10 Å². The number of nitrogens with zero attached hydrogens (tertiary/aromatic N) is 2. The van der Waals surface area contributed by atoms with E-state index >= 15 is 0 Å². The van der Waals surface area contributed by atoms with Gasteiger partial charge in [0.15, 0.2) is 0 Å². The number of rotatable bonds is 3. The van der Waals surface area contributed by atoms with Crippen LogP contribution < -0.4 is 10.1 Å². The second-order valence-corrected chi connectivity index (χ2v) is 4.51. The summed E-state index contributed by atoms with van der Waals surface area (Å²) in [6.07, 6.45) is 5.96. The normalized spacial score (nSPS) is 23.8. The van der Waals surface area contributed by atoms with E-state index in [9.17, 15) is 0 Å². The van der Waals surface area contributed by atoms with Gasteiger partial charge in [-0.3, -0.25) is 0 Å². The minimum absolute atomic E-state index is 0.198. The van der Waals surface area contributed by atoms with Crippen LogP contribution >= 0.6 is 0 Å². The van der Waals surface area contributed by atoms with Gasteiger partial charge in [-0.25, -0.2) is 4.98 Å². The first-order valence-corrected chi connectivity index (χ1v) is 6.39. The second-order valence-electron chi connectivity index (χ2n) is 4.51. The molecule has 2 aliphatic heterocycles. The third-order valence-electron chi connectivity index (χ3n) is 3.21. The minimum atomic E-state index is 0.198. The topological polar surface area (TPSA) is 56.3 Å². The van der Waals surface area contributed by atoms with Crippen molar-refractivity contribution in [1.82, 2.24) is 15.3 Å². The lowest BCUT2D eigenvalue weighted by molar-refractivity contribution is 0.161. The summed E-state index contributed by atoms with van der Waals surface area (Å²) < 4.78 is 11.1. The molecule has 1 aromatic heterocycles. The Hall–Kier alpha value is -1.46. The Kier molecular flexibility index (Phi) is 3.52. The van der Waals surface area contributed by atoms with Crippen molar-refractivity contribution in [2.24, 2.45) is 0 Å². The third kappa shape index (κ3) is 2.68. The molecule has 96 valence electrons. The van der Waals surface area contributed by atoms with Crippen molar-refractivity contribution < 1.29 is 9.47 Å². The zero-order valence-electron chi connectivity index (χ0n) is 10.3. The molecule has 0 spiro atoms. The summed E-state index contributed by atoms with van der Waals surface area (Å²) >= 11 is 0. The molecule has 1 atom stereocenters. The first-order valence-electron chi connectivity index (χ1n) is 6.39. The molecule has 0 aromatic carbocycles. The van der Waals surface area contributed by atoms with Crippen LogP contribution in [-0.4, -0.2) is 42.4 Å². The Morgan fingerprint density at radius 1 is 1.44 bits per heavy atom. The predicted molar refractivity (Wildman–Crippen MR) is 67.3 cm³/mol. The minimum Gasteiger partial charge on any atom is -0.459 e. The van der Waals surface area contributed by atoms with Crippen molar-refractivity contribution in [2.45, 2.75) is 18.9 Å². The largest absolute Gasteiger partial charge is 0.459 e. The fraction of sp³-hybridized carbons (Fsp3) is 0.538. The molecule has 0 saturated carbocycles. The molecule has 2 aliphatic rings. The first-order chi connectivity index (χ1) is 8.92. The standard InChI is InChI=1S/C13H17N3O2/c1-5-14-9-11(1)18-13-15-6-2-12(16-13)10-3-7-17-8-4-10/h2-3,6,11,14H,1,4-5,7-9H2. The number of aromatic nitrogens is 2. The number of hydrogen-bond donors (Lipinski definition) is 1. The Morgan fingerprint density at radius 2 is 2.44 bits per heavy atom. The second kappa shape index (κ2) is 5.46. The van der Waals surface area contributed by atoms with E-state index in [0.29, 0.717) is 12.6 Å². The molecule has 0 amide bonds. The summed E-state index contributed by atoms with van der Waals surface area (Å²) in [5.74, 6) is 0. The molecule has 0 radical (unpaired) electrons. The number of ether oxygens (including phenoxy) is 2. The van der Waals surface area contributed by atoms with Gasteiger partial charge < -0.3 is 14.8 Å². The van der Waals surface area contributed by atoms with Gasteiger partial charge in [-0.15, -0.1) is 0 Å². The van der Waals surface area contributed by atoms with Crippen molar-refractivity contribution in [3.05, 3.63) is 24.0 Å². The van der Waals surface area contributed by atoms with E-state index in [2.05, 4.69) is 21.4 Å². The third-order valence-corrected chi connectivity index (χ3v) is 3.21. The van der Waals surface area contributed by atoms with Crippen molar-refractivity contribution in [3.8, 4) is 6.01 Å². The molecular formula is C13H17N3O2. The van der Waals surface area contributed by atoms with E-state index in [1.54, 1.807) is 6.20 Å². The maximum Gasteiger partial charge on any atom is 0.317 e. The van der Waals surface area contributed by atoms with Crippen LogP contribution in [-0.2, 0) is 4.74 Å². The van der Waals surface area contributed by atoms with Gasteiger partial charge in [0.1, 0.15) is 6.10 Å². The van der Waals surface area contributed by atoms with Crippen LogP contribution in [0.1, 0.15) is 18.5 Å². The van der Waals surface area contributed by atoms with Crippen LogP contribution in [0.4, 0.5) is 0 Å². The molecule has 1 saturated heterocycles. The van der Waals surface area contributed by atoms with Crippen LogP contribution in [0, 0.1) is 0 Å². The van der Waals surface area contributed by atoms with E-state index in [1.807, 2.05) is 6.07 Å². The van der Waals surface area contributed by atoms with Crippen LogP contribution in [0.25, 0.3) is 5.57 Å². The zero-order valence-corrected chi connectivity index (χ0v) is 10.3. The molecule has 0 bridgehead atoms. The summed E-state index contributed by atoms with van der Waals surface area (Å²) in [4.78, 5) is 8.65. The van der Waals surface area contributed by atoms with Gasteiger partial charge >= 0.3 is 6.01 Å². The van der Waals surface area contributed by atoms with Crippen LogP contribution in [0.2, 0.25) is 0 Å². The fourth-order valence-corrected chi connectivity index (χ4v) is 2.21. The van der Waals surface area contributed by atoms with Gasteiger partial charge in [-0.2, -0.15) is 4.98 Å². The summed E-state index contributed by atoms with van der Waals surface area (Å²) in [5, 5.41) is 3.26. The molecule has 0 aliphatic carbocycles. The Labute approximate surface area is 106 Å². The van der Waals surface area contributed by atoms with Gasteiger partial charge in [0.25, 0.3) is 0 Å². The fourth-order valence-electron chi connectivity index (χ4n) is 2.21. The first kappa shape index (κ1) is 11.6. The molecule has 5 heteroatoms. The van der Waals surface area contributed by atoms with Gasteiger partial charge in [0, 0.05) is 12.7 Å². The summed E-state index contributed by atoms with van der Waals surface area (Å²) in [5.41, 5.74) is 2.17. The molecule has 1 unspecified atom stereocenters. The Morgan fingerprint density at radius 3 is 3.22 bits per heavy atom. The van der Waals surface area contributed by atoms with Crippen molar-refractivity contribution in [1.29, 1.82) is 0 Å². The van der Waals surface area contributed by atoms with E-state index in [0.717, 1.165) is 38.2 Å². The lowest BCUT2D eigenvalue weighted by Crippen LogP contribution is -2.20. The summed E-state index contributed by atoms with van der Waals surface area (Å²) in [7, 11) is 0. The maximum atomic E-state index is 5.76. The smallest absolute Gasteiger partial charge is 0.317 e. The zero-order chi connectivity index (χ0) is 12.2. The molecule has 18 heavy (non-hydrogen) atoms. The van der Waals surface area contributed by atoms with Crippen LogP contribution in [0.5, 0.6) is 6.01 Å². The lowest BCUT2D eigenvalue weighted by Gasteiger charge is -2.14. The van der Waals surface area contributed by atoms with Crippen LogP contribution in [0.15, 0.2) is 18.3 Å².